The molecular weight excluding hydrogens is 693 g/mol. The van der Waals surface area contributed by atoms with E-state index in [4.69, 9.17) is 0 Å². The third kappa shape index (κ3) is 7.05. The number of hydrogen-bond acceptors (Lipinski definition) is 8. The maximum Gasteiger partial charge on any atom is 0.261 e. The summed E-state index contributed by atoms with van der Waals surface area (Å²) in [6.07, 6.45) is 5.76. The van der Waals surface area contributed by atoms with Crippen molar-refractivity contribution in [2.75, 3.05) is 36.9 Å². The van der Waals surface area contributed by atoms with E-state index in [-0.39, 0.29) is 29.8 Å². The highest BCUT2D eigenvalue weighted by atomic mass is 16.2. The van der Waals surface area contributed by atoms with Gasteiger partial charge in [0.1, 0.15) is 11.3 Å². The number of carbonyl (C=O) groups excluding carboxylic acids is 3. The van der Waals surface area contributed by atoms with Gasteiger partial charge in [-0.25, -0.2) is 14.2 Å². The van der Waals surface area contributed by atoms with E-state index >= 15 is 0 Å². The second kappa shape index (κ2) is 14.8. The maximum absolute atomic E-state index is 14.0. The lowest BCUT2D eigenvalue weighted by Crippen LogP contribution is -2.43. The number of piperidine rings is 1. The van der Waals surface area contributed by atoms with E-state index in [1.807, 2.05) is 89.1 Å². The number of nitrogens with one attached hydrogen (secondary N) is 1. The molecule has 0 saturated carbocycles. The van der Waals surface area contributed by atoms with E-state index in [2.05, 4.69) is 56.7 Å². The maximum atomic E-state index is 14.0. The summed E-state index contributed by atoms with van der Waals surface area (Å²) in [6, 6.07) is 25.0. The molecular formula is C42H44N10O3. The van der Waals surface area contributed by atoms with Crippen molar-refractivity contribution in [1.82, 2.24) is 39.4 Å². The summed E-state index contributed by atoms with van der Waals surface area (Å²) in [6.45, 7) is 8.35. The minimum Gasteiger partial charge on any atom is -0.372 e. The molecule has 0 bridgehead atoms. The Morgan fingerprint density at radius 2 is 1.64 bits per heavy atom. The van der Waals surface area contributed by atoms with Gasteiger partial charge in [0.25, 0.3) is 17.7 Å². The molecule has 0 aliphatic carbocycles. The van der Waals surface area contributed by atoms with Gasteiger partial charge < -0.3 is 20.0 Å². The Labute approximate surface area is 319 Å². The molecule has 13 heteroatoms. The summed E-state index contributed by atoms with van der Waals surface area (Å²) in [4.78, 5) is 51.4. The SMILES string of the molecule is CCC1CN(C)c2ccccc2CN1C(=O)c1cccc(C(=O)N2CCC(n3cc(-c4ccc(NC(=O)c5cnn6c(C)cc(C)nc56)cc4)nn3)CC2)c1. The van der Waals surface area contributed by atoms with E-state index < -0.39 is 0 Å². The van der Waals surface area contributed by atoms with Crippen LogP contribution in [0.4, 0.5) is 11.4 Å². The summed E-state index contributed by atoms with van der Waals surface area (Å²) in [5, 5.41) is 16.1. The van der Waals surface area contributed by atoms with Gasteiger partial charge >= 0.3 is 0 Å². The van der Waals surface area contributed by atoms with E-state index in [1.54, 1.807) is 16.6 Å². The molecule has 3 aromatic carbocycles. The van der Waals surface area contributed by atoms with Crippen LogP contribution in [0.2, 0.25) is 0 Å². The first kappa shape index (κ1) is 35.6. The fourth-order valence-electron chi connectivity index (χ4n) is 7.84. The minimum absolute atomic E-state index is 0.0504. The number of para-hydroxylation sites is 1. The van der Waals surface area contributed by atoms with Crippen molar-refractivity contribution in [1.29, 1.82) is 0 Å². The second-order valence-electron chi connectivity index (χ2n) is 14.6. The molecule has 1 fully saturated rings. The van der Waals surface area contributed by atoms with Crippen LogP contribution in [0.5, 0.6) is 0 Å². The van der Waals surface area contributed by atoms with Gasteiger partial charge in [-0.1, -0.05) is 48.5 Å². The number of anilines is 2. The third-order valence-corrected chi connectivity index (χ3v) is 10.9. The Bertz CT molecular complexity index is 2390. The zero-order valence-electron chi connectivity index (χ0n) is 31.5. The highest BCUT2D eigenvalue weighted by Crippen LogP contribution is 2.30. The van der Waals surface area contributed by atoms with Crippen molar-refractivity contribution in [3.8, 4) is 11.3 Å². The fourth-order valence-corrected chi connectivity index (χ4v) is 7.84. The largest absolute Gasteiger partial charge is 0.372 e. The van der Waals surface area contributed by atoms with Crippen LogP contribution in [0.3, 0.4) is 0 Å². The second-order valence-corrected chi connectivity index (χ2v) is 14.6. The highest BCUT2D eigenvalue weighted by Gasteiger charge is 2.31. The molecule has 1 N–H and O–H groups in total. The van der Waals surface area contributed by atoms with E-state index in [0.29, 0.717) is 47.7 Å². The molecule has 1 unspecified atom stereocenters. The van der Waals surface area contributed by atoms with E-state index in [0.717, 1.165) is 59.7 Å². The lowest BCUT2D eigenvalue weighted by molar-refractivity contribution is 0.0667. The number of rotatable bonds is 7. The Morgan fingerprint density at radius 1 is 0.891 bits per heavy atom. The van der Waals surface area contributed by atoms with Crippen molar-refractivity contribution >= 4 is 34.7 Å². The zero-order valence-corrected chi connectivity index (χ0v) is 31.5. The molecule has 13 nitrogen and oxygen atoms in total. The quantitative estimate of drug-likeness (QED) is 0.205. The van der Waals surface area contributed by atoms with Gasteiger partial charge in [-0.15, -0.1) is 5.10 Å². The number of likely N-dealkylation sites (tertiary alicyclic amines) is 1. The molecule has 2 aliphatic heterocycles. The van der Waals surface area contributed by atoms with Gasteiger partial charge in [0.15, 0.2) is 5.65 Å². The molecule has 3 amide bonds. The molecule has 3 aromatic heterocycles. The molecule has 0 spiro atoms. The van der Waals surface area contributed by atoms with Gasteiger partial charge in [-0.05, 0) is 81.1 Å². The van der Waals surface area contributed by atoms with Gasteiger partial charge in [0.2, 0.25) is 0 Å². The number of benzene rings is 3. The van der Waals surface area contributed by atoms with Crippen LogP contribution < -0.4 is 10.2 Å². The first-order valence-electron chi connectivity index (χ1n) is 18.8. The molecule has 280 valence electrons. The summed E-state index contributed by atoms with van der Waals surface area (Å²) in [5.74, 6) is -0.414. The molecule has 55 heavy (non-hydrogen) atoms. The van der Waals surface area contributed by atoms with Crippen molar-refractivity contribution in [2.24, 2.45) is 0 Å². The molecule has 1 atom stereocenters. The lowest BCUT2D eigenvalue weighted by Gasteiger charge is -2.32. The van der Waals surface area contributed by atoms with Crippen LogP contribution in [0.25, 0.3) is 16.9 Å². The van der Waals surface area contributed by atoms with E-state index in [9.17, 15) is 14.4 Å². The Morgan fingerprint density at radius 3 is 2.40 bits per heavy atom. The normalized spacial score (nSPS) is 16.2. The highest BCUT2D eigenvalue weighted by molar-refractivity contribution is 6.08. The topological polar surface area (TPSA) is 134 Å². The predicted octanol–water partition coefficient (Wildman–Crippen LogP) is 6.21. The molecule has 8 rings (SSSR count). The van der Waals surface area contributed by atoms with Gasteiger partial charge in [0.05, 0.1) is 18.4 Å². The monoisotopic (exact) mass is 736 g/mol. The molecule has 2 aliphatic rings. The summed E-state index contributed by atoms with van der Waals surface area (Å²) < 4.78 is 3.55. The Balaban J connectivity index is 0.883. The zero-order chi connectivity index (χ0) is 38.2. The average molecular weight is 737 g/mol. The predicted molar refractivity (Wildman–Crippen MR) is 210 cm³/mol. The van der Waals surface area contributed by atoms with Gasteiger partial charge in [0, 0.05) is 78.7 Å². The molecule has 5 heterocycles. The first-order valence-corrected chi connectivity index (χ1v) is 18.8. The number of aromatic nitrogens is 6. The Kier molecular flexibility index (Phi) is 9.60. The summed E-state index contributed by atoms with van der Waals surface area (Å²) >= 11 is 0. The lowest BCUT2D eigenvalue weighted by atomic mass is 10.0. The molecule has 6 aromatic rings. The third-order valence-electron chi connectivity index (χ3n) is 10.9. The fraction of sp³-hybridized carbons (Fsp3) is 0.310. The van der Waals surface area contributed by atoms with E-state index in [1.165, 1.54) is 6.20 Å². The number of nitrogens with zero attached hydrogens (tertiary/aromatic N) is 9. The summed E-state index contributed by atoms with van der Waals surface area (Å²) in [5.41, 5.74) is 8.20. The number of likely N-dealkylation sites (N-methyl/N-ethyl adjacent to an activating group) is 1. The number of hydrogen-bond donors (Lipinski definition) is 1. The molecule has 1 saturated heterocycles. The van der Waals surface area contributed by atoms with Crippen LogP contribution >= 0.6 is 0 Å². The Hall–Kier alpha value is -6.37. The van der Waals surface area contributed by atoms with Crippen molar-refractivity contribution < 1.29 is 14.4 Å². The van der Waals surface area contributed by atoms with Crippen molar-refractivity contribution in [2.45, 2.75) is 58.7 Å². The number of amides is 3. The smallest absolute Gasteiger partial charge is 0.261 e. The number of fused-ring (bicyclic) bond motifs is 2. The number of aryl methyl sites for hydroxylation is 2. The van der Waals surface area contributed by atoms with Crippen molar-refractivity contribution in [3.05, 3.63) is 125 Å². The van der Waals surface area contributed by atoms with Crippen LogP contribution in [0.1, 0.15) is 80.3 Å². The minimum atomic E-state index is -0.283. The van der Waals surface area contributed by atoms with Crippen LogP contribution in [0.15, 0.2) is 91.3 Å². The summed E-state index contributed by atoms with van der Waals surface area (Å²) in [7, 11) is 2.08. The standard InChI is InChI=1S/C42H44N10O3/c1-5-34-25-48(4)38-12-7-6-9-32(38)24-50(34)42(55)31-11-8-10-30(22-31)41(54)49-19-17-35(18-20-49)51-26-37(46-47-51)29-13-15-33(16-14-29)45-40(53)36-23-43-52-28(3)21-27(2)44-39(36)52/h6-16,21-23,26,34-35H,5,17-20,24-25H2,1-4H3,(H,45,53). The van der Waals surface area contributed by atoms with Gasteiger partial charge in [-0.2, -0.15) is 5.10 Å². The number of carbonyl (C=O) groups is 3. The van der Waals surface area contributed by atoms with Gasteiger partial charge in [-0.3, -0.25) is 14.4 Å². The van der Waals surface area contributed by atoms with Crippen LogP contribution in [-0.2, 0) is 6.54 Å². The average Bonchev–Trinajstić information content (AvgIpc) is 3.85. The van der Waals surface area contributed by atoms with Crippen molar-refractivity contribution in [3.63, 3.8) is 0 Å². The first-order chi connectivity index (χ1) is 26.7. The molecule has 0 radical (unpaired) electrons. The van der Waals surface area contributed by atoms with Crippen LogP contribution in [-0.4, -0.2) is 89.8 Å². The van der Waals surface area contributed by atoms with Crippen LogP contribution in [0, 0.1) is 13.8 Å².